The Kier molecular flexibility index (Phi) is 13.2. The summed E-state index contributed by atoms with van der Waals surface area (Å²) in [5.74, 6) is -8.49. The number of halogens is 24. The monoisotopic (exact) mass is 1310 g/mol. The molecule has 466 valence electrons. The summed E-state index contributed by atoms with van der Waals surface area (Å²) in [6, 6.07) is 16.4. The number of fused-ring (bicyclic) bond motifs is 6. The van der Waals surface area contributed by atoms with E-state index in [0.717, 1.165) is 72.8 Å². The Morgan fingerprint density at radius 3 is 0.837 bits per heavy atom. The van der Waals surface area contributed by atoms with Crippen molar-refractivity contribution < 1.29 is 142 Å². The van der Waals surface area contributed by atoms with Crippen LogP contribution in [0.4, 0.5) is 117 Å². The summed E-state index contributed by atoms with van der Waals surface area (Å²) in [5, 5.41) is 0.748. The average molecular weight is 1310 g/mol. The number of nitrogens with one attached hydrogen (secondary N) is 2. The van der Waals surface area contributed by atoms with Gasteiger partial charge in [-0.05, 0) is 0 Å². The molecule has 0 saturated carbocycles. The second-order valence-electron chi connectivity index (χ2n) is 19.1. The topological polar surface area (TPSA) is 120 Å². The van der Waals surface area contributed by atoms with Crippen molar-refractivity contribution in [2.75, 3.05) is 23.3 Å². The van der Waals surface area contributed by atoms with Gasteiger partial charge in [-0.15, -0.1) is 0 Å². The Morgan fingerprint density at radius 2 is 0.581 bits per heavy atom. The minimum absolute atomic E-state index is 0.294. The van der Waals surface area contributed by atoms with Crippen molar-refractivity contribution in [2.24, 2.45) is 0 Å². The van der Waals surface area contributed by atoms with Crippen molar-refractivity contribution in [2.45, 2.75) is 71.8 Å². The third kappa shape index (κ3) is 7.99. The molecule has 0 unspecified atom stereocenters. The number of carbonyl (C=O) groups is 2. The Morgan fingerprint density at radius 1 is 0.337 bits per heavy atom. The van der Waals surface area contributed by atoms with E-state index >= 15 is 115 Å². The molecule has 4 aliphatic heterocycles. The van der Waals surface area contributed by atoms with Gasteiger partial charge in [-0.2, -0.15) is 0 Å². The molecular formula is C48H28F24N4O8P2. The van der Waals surface area contributed by atoms with Gasteiger partial charge in [-0.3, -0.25) is 0 Å². The minimum atomic E-state index is -9.30. The SMILES string of the molecule is O=C1c2c(ccc3ccccc23)OP2(Nc3ccccc3)(OC(C(F)(F)F)(C(F)(F)F)C(C(F)(F)F)(C(F)(F)F)O2)N1CCN1C(=O)c2c(ccc3ccccc23)OP12(Nc1ccccc1)OC(C(F)(F)F)(C(F)(F)F)C(C(F)(F)F)(C(F)(F)F)O2. The van der Waals surface area contributed by atoms with Crippen LogP contribution in [0.15, 0.2) is 133 Å². The van der Waals surface area contributed by atoms with Crippen LogP contribution in [0.5, 0.6) is 11.5 Å². The van der Waals surface area contributed by atoms with Crippen molar-refractivity contribution in [3.05, 3.63) is 145 Å². The molecule has 4 heterocycles. The summed E-state index contributed by atoms with van der Waals surface area (Å²) in [6.07, 6.45) is -65.8. The Bertz CT molecular complexity index is 3350. The van der Waals surface area contributed by atoms with Gasteiger partial charge in [0.2, 0.25) is 0 Å². The molecule has 0 aromatic heterocycles. The molecule has 2 N–H and O–H groups in total. The van der Waals surface area contributed by atoms with Crippen LogP contribution < -0.4 is 19.2 Å². The Hall–Kier alpha value is -7.00. The van der Waals surface area contributed by atoms with E-state index in [1.54, 1.807) is 0 Å². The van der Waals surface area contributed by atoms with Crippen LogP contribution in [-0.2, 0) is 18.1 Å². The summed E-state index contributed by atoms with van der Waals surface area (Å²) in [7, 11) is -18.6. The molecule has 2 saturated heterocycles. The van der Waals surface area contributed by atoms with Crippen molar-refractivity contribution in [3.8, 4) is 11.5 Å². The molecule has 0 atom stereocenters. The maximum absolute atomic E-state index is 15.9. The first-order chi connectivity index (χ1) is 39.3. The van der Waals surface area contributed by atoms with E-state index in [-0.39, 0.29) is 10.8 Å². The number of rotatable bonds is 7. The molecule has 10 rings (SSSR count). The zero-order chi connectivity index (χ0) is 63.6. The zero-order valence-electron chi connectivity index (χ0n) is 41.2. The summed E-state index contributed by atoms with van der Waals surface area (Å²) in [5.41, 5.74) is -37.6. The van der Waals surface area contributed by atoms with Crippen LogP contribution in [0.1, 0.15) is 20.7 Å². The summed E-state index contributed by atoms with van der Waals surface area (Å²) in [6.45, 7) is -5.69. The van der Waals surface area contributed by atoms with E-state index in [4.69, 9.17) is 9.05 Å². The van der Waals surface area contributed by atoms with E-state index in [0.29, 0.717) is 60.7 Å². The molecule has 2 fully saturated rings. The number of carbonyl (C=O) groups excluding carboxylic acids is 2. The standard InChI is InChI=1S/C48H28F24N4O8P2/c49-41(50,51)37(42(52,53)54)38(43(55,56)57,44(58,59)60)82-85(81-37,73-27-13-3-1-4-14-27)75(35(77)33-29-17-9-7-11-25(29)19-21-31(33)79-85)23-24-76-36(78)34-30-18-10-8-12-26(30)20-22-32(34)80-86(76,74-28-15-5-2-6-16-28)83-39(45(61,62)63,46(64,65)66)40(84-86,47(67,68)69)48(70,71)72/h1-22,73-74H,23-24H2. The van der Waals surface area contributed by atoms with Crippen molar-refractivity contribution in [1.29, 1.82) is 0 Å². The zero-order valence-corrected chi connectivity index (χ0v) is 43.0. The second kappa shape index (κ2) is 18.3. The number of para-hydroxylation sites is 2. The van der Waals surface area contributed by atoms with Crippen LogP contribution in [0.3, 0.4) is 0 Å². The third-order valence-corrected chi connectivity index (χ3v) is 21.2. The first kappa shape index (κ1) is 62.1. The van der Waals surface area contributed by atoms with E-state index in [9.17, 15) is 0 Å². The average Bonchev–Trinajstić information content (AvgIpc) is 1.46. The molecule has 0 radical (unpaired) electrons. The van der Waals surface area contributed by atoms with Gasteiger partial charge >= 0.3 is 463 Å². The fraction of sp³-hybridized carbons (Fsp3) is 0.292. The van der Waals surface area contributed by atoms with Gasteiger partial charge in [0.25, 0.3) is 0 Å². The number of benzene rings is 6. The van der Waals surface area contributed by atoms with Crippen LogP contribution in [-0.4, -0.2) is 106 Å². The molecular weight excluding hydrogens is 1280 g/mol. The number of hydrogen-bond acceptors (Lipinski definition) is 10. The van der Waals surface area contributed by atoms with Gasteiger partial charge in [0, 0.05) is 0 Å². The molecule has 0 aliphatic carbocycles. The normalized spacial score (nSPS) is 22.2. The van der Waals surface area contributed by atoms with Crippen molar-refractivity contribution in [3.63, 3.8) is 0 Å². The van der Waals surface area contributed by atoms with Gasteiger partial charge in [0.05, 0.1) is 0 Å². The fourth-order valence-electron chi connectivity index (χ4n) is 10.8. The third-order valence-electron chi connectivity index (χ3n) is 14.1. The number of nitrogens with zero attached hydrogens (tertiary/aromatic N) is 2. The molecule has 86 heavy (non-hydrogen) atoms. The van der Waals surface area contributed by atoms with Crippen LogP contribution in [0.25, 0.3) is 21.5 Å². The van der Waals surface area contributed by atoms with E-state index < -0.39 is 166 Å². The molecule has 4 aliphatic rings. The molecule has 0 bridgehead atoms. The first-order valence-corrected chi connectivity index (χ1v) is 27.4. The van der Waals surface area contributed by atoms with Gasteiger partial charge < -0.3 is 0 Å². The summed E-state index contributed by atoms with van der Waals surface area (Å²) < 4.78 is 407. The van der Waals surface area contributed by atoms with E-state index in [2.05, 4.69) is 18.1 Å². The van der Waals surface area contributed by atoms with Crippen molar-refractivity contribution >= 4 is 59.9 Å². The van der Waals surface area contributed by atoms with E-state index in [1.807, 2.05) is 0 Å². The van der Waals surface area contributed by atoms with Crippen LogP contribution in [0, 0.1) is 0 Å². The quantitative estimate of drug-likeness (QED) is 0.118. The number of amides is 2. The van der Waals surface area contributed by atoms with Gasteiger partial charge in [-0.1, -0.05) is 0 Å². The summed E-state index contributed by atoms with van der Waals surface area (Å²) >= 11 is 0. The number of anilines is 2. The van der Waals surface area contributed by atoms with Crippen LogP contribution in [0.2, 0.25) is 0 Å². The first-order valence-electron chi connectivity index (χ1n) is 23.5. The molecule has 12 nitrogen and oxygen atoms in total. The number of hydrogen-bond donors (Lipinski definition) is 2. The van der Waals surface area contributed by atoms with Crippen molar-refractivity contribution in [1.82, 2.24) is 9.34 Å². The molecule has 6 aromatic rings. The fourth-order valence-corrected chi connectivity index (χ4v) is 19.2. The van der Waals surface area contributed by atoms with Gasteiger partial charge in [0.15, 0.2) is 0 Å². The summed E-state index contributed by atoms with van der Waals surface area (Å²) in [4.78, 5) is 31.4. The Balaban J connectivity index is 1.38. The Labute approximate surface area is 461 Å². The van der Waals surface area contributed by atoms with Gasteiger partial charge in [0.1, 0.15) is 0 Å². The molecule has 2 spiro atoms. The van der Waals surface area contributed by atoms with Gasteiger partial charge in [-0.25, -0.2) is 0 Å². The molecule has 2 amide bonds. The maximum atomic E-state index is 15.9. The molecule has 6 aromatic carbocycles. The second-order valence-corrected chi connectivity index (χ2v) is 24.9. The molecule has 38 heteroatoms. The van der Waals surface area contributed by atoms with Crippen LogP contribution >= 0.6 is 15.2 Å². The predicted molar refractivity (Wildman–Crippen MR) is 249 cm³/mol. The predicted octanol–water partition coefficient (Wildman–Crippen LogP) is 16.4. The van der Waals surface area contributed by atoms with E-state index in [1.165, 1.54) is 10.2 Å². The number of alkyl halides is 24.